The number of pyridine rings is 1. The molecule has 114 valence electrons. The maximum Gasteiger partial charge on any atom is 0.249 e. The molecule has 3 heterocycles. The van der Waals surface area contributed by atoms with E-state index < -0.39 is 0 Å². The maximum atomic E-state index is 12.2. The van der Waals surface area contributed by atoms with Gasteiger partial charge in [0.1, 0.15) is 6.61 Å². The van der Waals surface area contributed by atoms with Crippen LogP contribution in [0.4, 0.5) is 0 Å². The summed E-state index contributed by atoms with van der Waals surface area (Å²) in [5.41, 5.74) is 3.34. The Morgan fingerprint density at radius 3 is 3.10 bits per heavy atom. The second kappa shape index (κ2) is 6.54. The van der Waals surface area contributed by atoms with Gasteiger partial charge in [-0.2, -0.15) is 0 Å². The molecule has 5 heteroatoms. The van der Waals surface area contributed by atoms with Gasteiger partial charge in [-0.15, -0.1) is 0 Å². The molecular weight excluding hydrogens is 268 g/mol. The summed E-state index contributed by atoms with van der Waals surface area (Å²) in [4.78, 5) is 18.3. The standard InChI is InChI=1S/C16H22N2O3/c1-12-6-13-8-18(9-14(13)7-17-12)16(19)11-20-10-15-4-2-3-5-21-15/h6-7,15H,2-5,8-11H2,1H3. The summed E-state index contributed by atoms with van der Waals surface area (Å²) >= 11 is 0. The zero-order chi connectivity index (χ0) is 14.7. The lowest BCUT2D eigenvalue weighted by atomic mass is 10.1. The first-order chi connectivity index (χ1) is 10.2. The van der Waals surface area contributed by atoms with E-state index in [1.807, 2.05) is 18.0 Å². The normalized spacial score (nSPS) is 21.4. The Bertz CT molecular complexity index is 512. The molecule has 1 atom stereocenters. The first-order valence-corrected chi connectivity index (χ1v) is 7.64. The van der Waals surface area contributed by atoms with Crippen LogP contribution in [-0.2, 0) is 27.4 Å². The Balaban J connectivity index is 1.44. The molecule has 1 amide bonds. The van der Waals surface area contributed by atoms with E-state index in [2.05, 4.69) is 11.1 Å². The third-order valence-electron chi connectivity index (χ3n) is 4.10. The van der Waals surface area contributed by atoms with Crippen molar-refractivity contribution in [1.82, 2.24) is 9.88 Å². The van der Waals surface area contributed by atoms with Crippen LogP contribution < -0.4 is 0 Å². The number of carbonyl (C=O) groups excluding carboxylic acids is 1. The van der Waals surface area contributed by atoms with Crippen LogP contribution in [0.5, 0.6) is 0 Å². The summed E-state index contributed by atoms with van der Waals surface area (Å²) in [6, 6.07) is 2.05. The van der Waals surface area contributed by atoms with Crippen molar-refractivity contribution in [3.63, 3.8) is 0 Å². The van der Waals surface area contributed by atoms with Crippen LogP contribution in [0.15, 0.2) is 12.3 Å². The van der Waals surface area contributed by atoms with Crippen molar-refractivity contribution < 1.29 is 14.3 Å². The molecule has 1 aromatic rings. The van der Waals surface area contributed by atoms with E-state index in [1.165, 1.54) is 12.0 Å². The summed E-state index contributed by atoms with van der Waals surface area (Å²) in [7, 11) is 0. The Hall–Kier alpha value is -1.46. The summed E-state index contributed by atoms with van der Waals surface area (Å²) in [6.07, 6.45) is 5.39. The van der Waals surface area contributed by atoms with E-state index in [1.54, 1.807) is 0 Å². The predicted molar refractivity (Wildman–Crippen MR) is 77.6 cm³/mol. The summed E-state index contributed by atoms with van der Waals surface area (Å²) in [5, 5.41) is 0. The van der Waals surface area contributed by atoms with Gasteiger partial charge in [0.05, 0.1) is 12.7 Å². The molecule has 0 aromatic carbocycles. The molecule has 0 aliphatic carbocycles. The van der Waals surface area contributed by atoms with E-state index in [9.17, 15) is 4.79 Å². The lowest BCUT2D eigenvalue weighted by Crippen LogP contribution is -2.31. The minimum Gasteiger partial charge on any atom is -0.376 e. The predicted octanol–water partition coefficient (Wildman–Crippen LogP) is 1.82. The second-order valence-corrected chi connectivity index (χ2v) is 5.85. The van der Waals surface area contributed by atoms with Crippen LogP contribution in [0, 0.1) is 6.92 Å². The van der Waals surface area contributed by atoms with Crippen molar-refractivity contribution in [2.75, 3.05) is 19.8 Å². The van der Waals surface area contributed by atoms with Gasteiger partial charge < -0.3 is 14.4 Å². The highest BCUT2D eigenvalue weighted by atomic mass is 16.5. The van der Waals surface area contributed by atoms with E-state index in [0.717, 1.165) is 30.7 Å². The highest BCUT2D eigenvalue weighted by molar-refractivity contribution is 5.78. The Morgan fingerprint density at radius 1 is 1.43 bits per heavy atom. The number of fused-ring (bicyclic) bond motifs is 1. The van der Waals surface area contributed by atoms with Gasteiger partial charge in [0.15, 0.2) is 0 Å². The molecule has 1 saturated heterocycles. The molecule has 1 fully saturated rings. The average Bonchev–Trinajstić information content (AvgIpc) is 2.91. The SMILES string of the molecule is Cc1cc2c(cn1)CN(C(=O)COCC1CCCCO1)C2. The number of hydrogen-bond acceptors (Lipinski definition) is 4. The van der Waals surface area contributed by atoms with Gasteiger partial charge in [-0.05, 0) is 43.4 Å². The number of carbonyl (C=O) groups is 1. The number of ether oxygens (including phenoxy) is 2. The van der Waals surface area contributed by atoms with E-state index in [0.29, 0.717) is 19.7 Å². The van der Waals surface area contributed by atoms with Crippen LogP contribution in [-0.4, -0.2) is 41.7 Å². The van der Waals surface area contributed by atoms with Crippen molar-refractivity contribution in [2.24, 2.45) is 0 Å². The fraction of sp³-hybridized carbons (Fsp3) is 0.625. The number of aryl methyl sites for hydroxylation is 1. The molecule has 5 nitrogen and oxygen atoms in total. The first-order valence-electron chi connectivity index (χ1n) is 7.64. The molecule has 0 bridgehead atoms. The molecule has 0 radical (unpaired) electrons. The number of aromatic nitrogens is 1. The number of rotatable bonds is 4. The molecule has 0 N–H and O–H groups in total. The van der Waals surface area contributed by atoms with Crippen LogP contribution in [0.2, 0.25) is 0 Å². The maximum absolute atomic E-state index is 12.2. The lowest BCUT2D eigenvalue weighted by Gasteiger charge is -2.22. The third kappa shape index (κ3) is 3.60. The van der Waals surface area contributed by atoms with Crippen LogP contribution >= 0.6 is 0 Å². The monoisotopic (exact) mass is 290 g/mol. The highest BCUT2D eigenvalue weighted by Gasteiger charge is 2.24. The number of nitrogens with zero attached hydrogens (tertiary/aromatic N) is 2. The van der Waals surface area contributed by atoms with E-state index in [4.69, 9.17) is 9.47 Å². The lowest BCUT2D eigenvalue weighted by molar-refractivity contribution is -0.138. The average molecular weight is 290 g/mol. The van der Waals surface area contributed by atoms with Gasteiger partial charge in [-0.1, -0.05) is 0 Å². The van der Waals surface area contributed by atoms with Crippen LogP contribution in [0.1, 0.15) is 36.1 Å². The van der Waals surface area contributed by atoms with Crippen molar-refractivity contribution in [1.29, 1.82) is 0 Å². The first kappa shape index (κ1) is 14.5. The topological polar surface area (TPSA) is 51.7 Å². The van der Waals surface area contributed by atoms with Gasteiger partial charge in [0.2, 0.25) is 5.91 Å². The third-order valence-corrected chi connectivity index (χ3v) is 4.10. The molecule has 0 saturated carbocycles. The van der Waals surface area contributed by atoms with Gasteiger partial charge in [-0.3, -0.25) is 9.78 Å². The molecule has 1 unspecified atom stereocenters. The fourth-order valence-corrected chi connectivity index (χ4v) is 2.89. The van der Waals surface area contributed by atoms with Crippen molar-refractivity contribution in [3.05, 3.63) is 29.1 Å². The van der Waals surface area contributed by atoms with E-state index in [-0.39, 0.29) is 18.6 Å². The van der Waals surface area contributed by atoms with Gasteiger partial charge in [0, 0.05) is 31.6 Å². The molecule has 0 spiro atoms. The van der Waals surface area contributed by atoms with Crippen LogP contribution in [0.3, 0.4) is 0 Å². The molecule has 1 aromatic heterocycles. The molecule has 21 heavy (non-hydrogen) atoms. The quantitative estimate of drug-likeness (QED) is 0.849. The van der Waals surface area contributed by atoms with Crippen molar-refractivity contribution >= 4 is 5.91 Å². The zero-order valence-corrected chi connectivity index (χ0v) is 12.5. The Morgan fingerprint density at radius 2 is 2.29 bits per heavy atom. The van der Waals surface area contributed by atoms with Crippen molar-refractivity contribution in [2.45, 2.75) is 45.4 Å². The highest BCUT2D eigenvalue weighted by Crippen LogP contribution is 2.22. The Kier molecular flexibility index (Phi) is 4.51. The fourth-order valence-electron chi connectivity index (χ4n) is 2.89. The molecule has 2 aliphatic heterocycles. The van der Waals surface area contributed by atoms with Crippen LogP contribution in [0.25, 0.3) is 0 Å². The Labute approximate surface area is 125 Å². The summed E-state index contributed by atoms with van der Waals surface area (Å²) in [5.74, 6) is 0.0414. The number of amides is 1. The minimum atomic E-state index is 0.0414. The molecule has 3 rings (SSSR count). The molecular formula is C16H22N2O3. The summed E-state index contributed by atoms with van der Waals surface area (Å²) < 4.78 is 11.1. The second-order valence-electron chi connectivity index (χ2n) is 5.85. The summed E-state index contributed by atoms with van der Waals surface area (Å²) in [6.45, 7) is 4.76. The minimum absolute atomic E-state index is 0.0414. The van der Waals surface area contributed by atoms with Gasteiger partial charge >= 0.3 is 0 Å². The largest absolute Gasteiger partial charge is 0.376 e. The van der Waals surface area contributed by atoms with Gasteiger partial charge in [0.25, 0.3) is 0 Å². The number of hydrogen-bond donors (Lipinski definition) is 0. The smallest absolute Gasteiger partial charge is 0.249 e. The van der Waals surface area contributed by atoms with E-state index >= 15 is 0 Å². The van der Waals surface area contributed by atoms with Gasteiger partial charge in [-0.25, -0.2) is 0 Å². The molecule has 2 aliphatic rings. The van der Waals surface area contributed by atoms with Crippen molar-refractivity contribution in [3.8, 4) is 0 Å². The zero-order valence-electron chi connectivity index (χ0n) is 12.5.